The first-order valence-corrected chi connectivity index (χ1v) is 4.07. The van der Waals surface area contributed by atoms with Gasteiger partial charge in [-0.1, -0.05) is 6.92 Å². The molecule has 0 atom stereocenters. The van der Waals surface area contributed by atoms with E-state index >= 15 is 0 Å². The molecule has 1 saturated heterocycles. The summed E-state index contributed by atoms with van der Waals surface area (Å²) < 4.78 is 0. The molecular weight excluding hydrogens is 140 g/mol. The molecule has 0 aromatic rings. The normalized spacial score (nSPS) is 20.9. The lowest BCUT2D eigenvalue weighted by Gasteiger charge is -2.32. The van der Waals surface area contributed by atoms with Gasteiger partial charge < -0.3 is 4.90 Å². The van der Waals surface area contributed by atoms with E-state index in [1.165, 1.54) is 0 Å². The van der Waals surface area contributed by atoms with Crippen LogP contribution in [-0.4, -0.2) is 48.4 Å². The van der Waals surface area contributed by atoms with Gasteiger partial charge >= 0.3 is 0 Å². The molecule has 3 nitrogen and oxygen atoms in total. The summed E-state index contributed by atoms with van der Waals surface area (Å²) in [4.78, 5) is 15.2. The van der Waals surface area contributed by atoms with Crippen molar-refractivity contribution in [2.45, 2.75) is 6.92 Å². The standard InChI is InChI=1S/C8H15N2O/c1-3-9-5-6-10(4-2)8(11)7-9/h2-7H2,1H3. The molecule has 0 aromatic carbocycles. The quantitative estimate of drug-likeness (QED) is 0.559. The predicted molar refractivity (Wildman–Crippen MR) is 44.1 cm³/mol. The minimum Gasteiger partial charge on any atom is -0.340 e. The van der Waals surface area contributed by atoms with Crippen LogP contribution in [0, 0.1) is 6.92 Å². The van der Waals surface area contributed by atoms with Crippen LogP contribution in [0.4, 0.5) is 0 Å². The molecule has 0 saturated carbocycles. The lowest BCUT2D eigenvalue weighted by atomic mass is 10.3. The second kappa shape index (κ2) is 3.72. The molecule has 0 unspecified atom stereocenters. The average molecular weight is 155 g/mol. The van der Waals surface area contributed by atoms with Gasteiger partial charge in [-0.25, -0.2) is 0 Å². The third-order valence-electron chi connectivity index (χ3n) is 2.11. The highest BCUT2D eigenvalue weighted by Crippen LogP contribution is 2.01. The smallest absolute Gasteiger partial charge is 0.236 e. The van der Waals surface area contributed by atoms with Crippen LogP contribution in [0.2, 0.25) is 0 Å². The molecule has 1 amide bonds. The van der Waals surface area contributed by atoms with Gasteiger partial charge in [0.15, 0.2) is 0 Å². The molecule has 0 aliphatic carbocycles. The molecule has 63 valence electrons. The predicted octanol–water partition coefficient (Wildman–Crippen LogP) is -0.0154. The Kier molecular flexibility index (Phi) is 2.88. The van der Waals surface area contributed by atoms with Gasteiger partial charge in [0.05, 0.1) is 6.54 Å². The Morgan fingerprint density at radius 2 is 2.27 bits per heavy atom. The van der Waals surface area contributed by atoms with Gasteiger partial charge in [-0.05, 0) is 13.5 Å². The molecule has 0 spiro atoms. The van der Waals surface area contributed by atoms with Crippen molar-refractivity contribution >= 4 is 5.91 Å². The largest absolute Gasteiger partial charge is 0.340 e. The van der Waals surface area contributed by atoms with Gasteiger partial charge in [0.2, 0.25) is 5.91 Å². The lowest BCUT2D eigenvalue weighted by molar-refractivity contribution is -0.135. The van der Waals surface area contributed by atoms with E-state index in [1.807, 2.05) is 0 Å². The van der Waals surface area contributed by atoms with E-state index < -0.39 is 0 Å². The number of carbonyl (C=O) groups excluding carboxylic acids is 1. The summed E-state index contributed by atoms with van der Waals surface area (Å²) in [6.07, 6.45) is 0. The molecule has 1 aliphatic rings. The minimum absolute atomic E-state index is 0.216. The number of piperazine rings is 1. The minimum atomic E-state index is 0.216. The summed E-state index contributed by atoms with van der Waals surface area (Å²) in [5, 5.41) is 0. The van der Waals surface area contributed by atoms with Crippen molar-refractivity contribution < 1.29 is 4.79 Å². The molecule has 1 fully saturated rings. The molecule has 3 heteroatoms. The van der Waals surface area contributed by atoms with Crippen molar-refractivity contribution in [2.24, 2.45) is 0 Å². The highest BCUT2D eigenvalue weighted by atomic mass is 16.2. The molecule has 0 bridgehead atoms. The number of nitrogens with zero attached hydrogens (tertiary/aromatic N) is 2. The van der Waals surface area contributed by atoms with Gasteiger partial charge in [-0.2, -0.15) is 0 Å². The first-order chi connectivity index (χ1) is 5.27. The van der Waals surface area contributed by atoms with Crippen molar-refractivity contribution in [3.63, 3.8) is 0 Å². The summed E-state index contributed by atoms with van der Waals surface area (Å²) in [6.45, 7) is 9.77. The number of rotatable bonds is 2. The first-order valence-electron chi connectivity index (χ1n) is 4.07. The van der Waals surface area contributed by atoms with Gasteiger partial charge in [0.1, 0.15) is 0 Å². The Labute approximate surface area is 68.0 Å². The SMILES string of the molecule is [CH2]CN1CCN(CC)CC1=O. The fraction of sp³-hybridized carbons (Fsp3) is 0.750. The van der Waals surface area contributed by atoms with Crippen LogP contribution in [0.3, 0.4) is 0 Å². The molecule has 0 N–H and O–H groups in total. The summed E-state index contributed by atoms with van der Waals surface area (Å²) in [5.74, 6) is 0.216. The number of hydrogen-bond donors (Lipinski definition) is 0. The van der Waals surface area contributed by atoms with E-state index in [1.54, 1.807) is 4.90 Å². The maximum Gasteiger partial charge on any atom is 0.236 e. The summed E-state index contributed by atoms with van der Waals surface area (Å²) in [5.41, 5.74) is 0. The fourth-order valence-electron chi connectivity index (χ4n) is 1.26. The zero-order valence-electron chi connectivity index (χ0n) is 7.05. The first kappa shape index (κ1) is 8.53. The molecule has 1 radical (unpaired) electrons. The molecule has 1 aliphatic heterocycles. The Balaban J connectivity index is 2.41. The highest BCUT2D eigenvalue weighted by Gasteiger charge is 2.20. The van der Waals surface area contributed by atoms with Crippen LogP contribution >= 0.6 is 0 Å². The second-order valence-corrected chi connectivity index (χ2v) is 2.75. The van der Waals surface area contributed by atoms with Gasteiger partial charge in [0.25, 0.3) is 0 Å². The average Bonchev–Trinajstić information content (AvgIpc) is 2.04. The zero-order valence-corrected chi connectivity index (χ0v) is 7.05. The van der Waals surface area contributed by atoms with Gasteiger partial charge in [-0.15, -0.1) is 0 Å². The van der Waals surface area contributed by atoms with E-state index in [0.29, 0.717) is 13.1 Å². The molecule has 11 heavy (non-hydrogen) atoms. The summed E-state index contributed by atoms with van der Waals surface area (Å²) in [7, 11) is 0. The third-order valence-corrected chi connectivity index (χ3v) is 2.11. The third kappa shape index (κ3) is 1.93. The molecular formula is C8H15N2O. The van der Waals surface area contributed by atoms with E-state index in [9.17, 15) is 4.79 Å². The number of carbonyl (C=O) groups is 1. The van der Waals surface area contributed by atoms with Crippen LogP contribution in [0.5, 0.6) is 0 Å². The Hall–Kier alpha value is -0.570. The van der Waals surface area contributed by atoms with Crippen molar-refractivity contribution in [3.8, 4) is 0 Å². The maximum absolute atomic E-state index is 11.2. The zero-order chi connectivity index (χ0) is 8.27. The van der Waals surface area contributed by atoms with E-state index in [4.69, 9.17) is 0 Å². The second-order valence-electron chi connectivity index (χ2n) is 2.75. The topological polar surface area (TPSA) is 23.6 Å². The van der Waals surface area contributed by atoms with Crippen LogP contribution in [0.1, 0.15) is 6.92 Å². The lowest BCUT2D eigenvalue weighted by Crippen LogP contribution is -2.49. The fourth-order valence-corrected chi connectivity index (χ4v) is 1.26. The van der Waals surface area contributed by atoms with Crippen LogP contribution in [-0.2, 0) is 4.79 Å². The van der Waals surface area contributed by atoms with Gasteiger partial charge in [-0.3, -0.25) is 9.69 Å². The van der Waals surface area contributed by atoms with Crippen molar-refractivity contribution in [3.05, 3.63) is 6.92 Å². The van der Waals surface area contributed by atoms with Gasteiger partial charge in [0, 0.05) is 19.6 Å². The van der Waals surface area contributed by atoms with Crippen molar-refractivity contribution in [2.75, 3.05) is 32.7 Å². The number of likely N-dealkylation sites (N-methyl/N-ethyl adjacent to an activating group) is 1. The Morgan fingerprint density at radius 1 is 1.55 bits per heavy atom. The van der Waals surface area contributed by atoms with E-state index in [0.717, 1.165) is 19.6 Å². The van der Waals surface area contributed by atoms with E-state index in [-0.39, 0.29) is 5.91 Å². The molecule has 0 aromatic heterocycles. The highest BCUT2D eigenvalue weighted by molar-refractivity contribution is 5.79. The van der Waals surface area contributed by atoms with Crippen LogP contribution < -0.4 is 0 Å². The Bertz CT molecular complexity index is 147. The molecule has 1 heterocycles. The van der Waals surface area contributed by atoms with E-state index in [2.05, 4.69) is 18.7 Å². The van der Waals surface area contributed by atoms with Crippen LogP contribution in [0.25, 0.3) is 0 Å². The monoisotopic (exact) mass is 155 g/mol. The summed E-state index contributed by atoms with van der Waals surface area (Å²) in [6, 6.07) is 0. The van der Waals surface area contributed by atoms with Crippen molar-refractivity contribution in [1.29, 1.82) is 0 Å². The number of amides is 1. The van der Waals surface area contributed by atoms with Crippen molar-refractivity contribution in [1.82, 2.24) is 9.80 Å². The Morgan fingerprint density at radius 3 is 2.73 bits per heavy atom. The van der Waals surface area contributed by atoms with Crippen LogP contribution in [0.15, 0.2) is 0 Å². The number of hydrogen-bond acceptors (Lipinski definition) is 2. The maximum atomic E-state index is 11.2. The molecule has 1 rings (SSSR count). The summed E-state index contributed by atoms with van der Waals surface area (Å²) >= 11 is 0.